The lowest BCUT2D eigenvalue weighted by atomic mass is 10.0. The van der Waals surface area contributed by atoms with E-state index in [1.807, 2.05) is 6.92 Å². The van der Waals surface area contributed by atoms with Crippen LogP contribution in [0.25, 0.3) is 0 Å². The van der Waals surface area contributed by atoms with Gasteiger partial charge in [0.2, 0.25) is 0 Å². The summed E-state index contributed by atoms with van der Waals surface area (Å²) in [4.78, 5) is 34.8. The minimum atomic E-state index is -4.29. The second-order valence-electron chi connectivity index (χ2n) is 13.7. The van der Waals surface area contributed by atoms with Crippen LogP contribution in [-0.2, 0) is 32.7 Å². The fourth-order valence-electron chi connectivity index (χ4n) is 5.67. The van der Waals surface area contributed by atoms with Crippen molar-refractivity contribution in [2.45, 2.75) is 213 Å². The van der Waals surface area contributed by atoms with E-state index < -0.39 is 19.9 Å². The van der Waals surface area contributed by atoms with Gasteiger partial charge in [-0.2, -0.15) is 0 Å². The van der Waals surface area contributed by atoms with Crippen LogP contribution < -0.4 is 0 Å². The molecule has 49 heavy (non-hydrogen) atoms. The zero-order chi connectivity index (χ0) is 36.1. The molecule has 2 atom stereocenters. The number of rotatable bonds is 38. The highest BCUT2D eigenvalue weighted by atomic mass is 31.2. The van der Waals surface area contributed by atoms with Crippen molar-refractivity contribution in [3.05, 3.63) is 12.2 Å². The molecule has 0 fully saturated rings. The highest BCUT2D eigenvalue weighted by Crippen LogP contribution is 2.43. The number of hydrogen-bond acceptors (Lipinski definition) is 7. The molecule has 2 unspecified atom stereocenters. The van der Waals surface area contributed by atoms with E-state index in [4.69, 9.17) is 18.5 Å². The van der Waals surface area contributed by atoms with Crippen molar-refractivity contribution in [3.63, 3.8) is 0 Å². The Morgan fingerprint density at radius 3 is 1.41 bits per heavy atom. The standard InChI is InChI=1S/C40H77O8P/c1-4-7-9-11-13-15-17-19-20-22-23-25-27-29-31-33-39(41)45-36-38(37-47-49(43,44)46-35-6-3)48-40(42)34-32-30-28-26-24-21-18-16-14-12-10-8-5-2/h16,18,38H,4-15,17,19-37H2,1-3H3,(H,43,44)/b18-16-. The molecular formula is C40H77O8P. The van der Waals surface area contributed by atoms with Gasteiger partial charge in [-0.1, -0.05) is 161 Å². The maximum atomic E-state index is 12.5. The first-order valence-corrected chi connectivity index (χ1v) is 22.0. The van der Waals surface area contributed by atoms with Crippen molar-refractivity contribution in [2.24, 2.45) is 0 Å². The smallest absolute Gasteiger partial charge is 0.462 e. The van der Waals surface area contributed by atoms with Gasteiger partial charge in [-0.3, -0.25) is 18.6 Å². The summed E-state index contributed by atoms with van der Waals surface area (Å²) in [5.74, 6) is -0.795. The second kappa shape index (κ2) is 36.6. The molecular weight excluding hydrogens is 639 g/mol. The van der Waals surface area contributed by atoms with Crippen LogP contribution in [0.4, 0.5) is 0 Å². The molecule has 0 aromatic heterocycles. The van der Waals surface area contributed by atoms with Crippen molar-refractivity contribution >= 4 is 19.8 Å². The molecule has 0 aromatic carbocycles. The van der Waals surface area contributed by atoms with E-state index in [2.05, 4.69) is 26.0 Å². The van der Waals surface area contributed by atoms with Gasteiger partial charge < -0.3 is 14.4 Å². The molecule has 0 radical (unpaired) electrons. The highest BCUT2D eigenvalue weighted by Gasteiger charge is 2.25. The van der Waals surface area contributed by atoms with Crippen LogP contribution in [0, 0.1) is 0 Å². The minimum Gasteiger partial charge on any atom is -0.462 e. The van der Waals surface area contributed by atoms with Crippen LogP contribution in [-0.4, -0.2) is 42.8 Å². The van der Waals surface area contributed by atoms with Crippen LogP contribution in [0.5, 0.6) is 0 Å². The second-order valence-corrected chi connectivity index (χ2v) is 15.2. The van der Waals surface area contributed by atoms with E-state index in [1.54, 1.807) is 0 Å². The van der Waals surface area contributed by atoms with Gasteiger partial charge in [0, 0.05) is 12.8 Å². The minimum absolute atomic E-state index is 0.0712. The largest absolute Gasteiger partial charge is 0.472 e. The van der Waals surface area contributed by atoms with E-state index >= 15 is 0 Å². The quantitative estimate of drug-likeness (QED) is 0.0291. The molecule has 0 amide bonds. The first-order valence-electron chi connectivity index (χ1n) is 20.5. The number of unbranched alkanes of at least 4 members (excludes halogenated alkanes) is 23. The number of hydrogen-bond donors (Lipinski definition) is 1. The van der Waals surface area contributed by atoms with Crippen molar-refractivity contribution < 1.29 is 37.6 Å². The number of phosphoric ester groups is 1. The van der Waals surface area contributed by atoms with Crippen LogP contribution in [0.15, 0.2) is 12.2 Å². The third-order valence-corrected chi connectivity index (χ3v) is 9.72. The molecule has 0 rings (SSSR count). The first kappa shape index (κ1) is 47.8. The summed E-state index contributed by atoms with van der Waals surface area (Å²) in [6.07, 6.45) is 36.0. The van der Waals surface area contributed by atoms with Gasteiger partial charge in [-0.05, 0) is 44.9 Å². The summed E-state index contributed by atoms with van der Waals surface area (Å²) in [5.41, 5.74) is 0. The van der Waals surface area contributed by atoms with Crippen molar-refractivity contribution in [1.29, 1.82) is 0 Å². The Hall–Kier alpha value is -1.21. The predicted molar refractivity (Wildman–Crippen MR) is 203 cm³/mol. The first-order chi connectivity index (χ1) is 23.8. The van der Waals surface area contributed by atoms with Crippen molar-refractivity contribution in [3.8, 4) is 0 Å². The highest BCUT2D eigenvalue weighted by molar-refractivity contribution is 7.47. The van der Waals surface area contributed by atoms with Crippen molar-refractivity contribution in [2.75, 3.05) is 19.8 Å². The number of phosphoric acid groups is 1. The molecule has 1 N–H and O–H groups in total. The Balaban J connectivity index is 4.17. The zero-order valence-corrected chi connectivity index (χ0v) is 33.0. The molecule has 0 aromatic rings. The molecule has 0 heterocycles. The topological polar surface area (TPSA) is 108 Å². The lowest BCUT2D eigenvalue weighted by molar-refractivity contribution is -0.161. The summed E-state index contributed by atoms with van der Waals surface area (Å²) in [6.45, 7) is 5.77. The fourth-order valence-corrected chi connectivity index (χ4v) is 6.51. The van der Waals surface area contributed by atoms with Crippen LogP contribution in [0.2, 0.25) is 0 Å². The van der Waals surface area contributed by atoms with Gasteiger partial charge >= 0.3 is 19.8 Å². The maximum absolute atomic E-state index is 12.5. The van der Waals surface area contributed by atoms with Crippen LogP contribution in [0.1, 0.15) is 207 Å². The van der Waals surface area contributed by atoms with E-state index in [0.29, 0.717) is 19.3 Å². The van der Waals surface area contributed by atoms with Gasteiger partial charge in [0.1, 0.15) is 6.61 Å². The molecule has 0 aliphatic rings. The molecule has 8 nitrogen and oxygen atoms in total. The fraction of sp³-hybridized carbons (Fsp3) is 0.900. The molecule has 0 aliphatic heterocycles. The SMILES string of the molecule is CCCCCC/C=C\CCCCCCCC(=O)OC(COC(=O)CCCCCCCCCCCCCCCCC)COP(=O)(O)OCCC. The van der Waals surface area contributed by atoms with Crippen LogP contribution in [0.3, 0.4) is 0 Å². The maximum Gasteiger partial charge on any atom is 0.472 e. The molecule has 0 saturated carbocycles. The van der Waals surface area contributed by atoms with Gasteiger partial charge in [-0.25, -0.2) is 4.57 Å². The van der Waals surface area contributed by atoms with E-state index in [1.165, 1.54) is 109 Å². The Morgan fingerprint density at radius 2 is 0.939 bits per heavy atom. The van der Waals surface area contributed by atoms with Gasteiger partial charge in [0.25, 0.3) is 0 Å². The Kier molecular flexibility index (Phi) is 35.7. The summed E-state index contributed by atoms with van der Waals surface area (Å²) in [5, 5.41) is 0. The molecule has 9 heteroatoms. The average Bonchev–Trinajstić information content (AvgIpc) is 3.08. The molecule has 0 saturated heterocycles. The molecule has 0 spiro atoms. The zero-order valence-electron chi connectivity index (χ0n) is 32.1. The predicted octanol–water partition coefficient (Wildman–Crippen LogP) is 12.5. The number of esters is 2. The number of ether oxygens (including phenoxy) is 2. The summed E-state index contributed by atoms with van der Waals surface area (Å²) in [6, 6.07) is 0. The van der Waals surface area contributed by atoms with Gasteiger partial charge in [-0.15, -0.1) is 0 Å². The monoisotopic (exact) mass is 717 g/mol. The van der Waals surface area contributed by atoms with Gasteiger partial charge in [0.05, 0.1) is 13.2 Å². The molecule has 290 valence electrons. The third-order valence-electron chi connectivity index (χ3n) is 8.74. The molecule has 0 aliphatic carbocycles. The molecule has 0 bridgehead atoms. The number of carbonyl (C=O) groups excluding carboxylic acids is 2. The lowest BCUT2D eigenvalue weighted by Gasteiger charge is -2.20. The Bertz CT molecular complexity index is 818. The summed E-state index contributed by atoms with van der Waals surface area (Å²) >= 11 is 0. The Morgan fingerprint density at radius 1 is 0.531 bits per heavy atom. The van der Waals surface area contributed by atoms with Crippen LogP contribution >= 0.6 is 7.82 Å². The third kappa shape index (κ3) is 36.4. The summed E-state index contributed by atoms with van der Waals surface area (Å²) in [7, 11) is -4.29. The lowest BCUT2D eigenvalue weighted by Crippen LogP contribution is -2.29. The van der Waals surface area contributed by atoms with E-state index in [9.17, 15) is 19.0 Å². The Labute approximate surface area is 301 Å². The number of carbonyl (C=O) groups is 2. The normalized spacial score (nSPS) is 13.5. The average molecular weight is 717 g/mol. The van der Waals surface area contributed by atoms with Crippen molar-refractivity contribution in [1.82, 2.24) is 0 Å². The van der Waals surface area contributed by atoms with Gasteiger partial charge in [0.15, 0.2) is 6.10 Å². The van der Waals surface area contributed by atoms with E-state index in [-0.39, 0.29) is 32.2 Å². The summed E-state index contributed by atoms with van der Waals surface area (Å²) < 4.78 is 33.0. The van der Waals surface area contributed by atoms with E-state index in [0.717, 1.165) is 51.4 Å². The number of allylic oxidation sites excluding steroid dienone is 2.